The van der Waals surface area contributed by atoms with E-state index in [1.165, 1.54) is 0 Å². The fourth-order valence-electron chi connectivity index (χ4n) is 3.75. The molecule has 0 saturated carbocycles. The number of aryl methyl sites for hydroxylation is 1. The molecule has 1 unspecified atom stereocenters. The Morgan fingerprint density at radius 1 is 1.18 bits per heavy atom. The number of ether oxygens (including phenoxy) is 1. The normalized spacial score (nSPS) is 15.1. The third kappa shape index (κ3) is 5.01. The highest BCUT2D eigenvalue weighted by Gasteiger charge is 2.22. The fourth-order valence-corrected chi connectivity index (χ4v) is 3.75. The summed E-state index contributed by atoms with van der Waals surface area (Å²) in [5.74, 6) is 0.763. The molecule has 4 aromatic rings. The van der Waals surface area contributed by atoms with Crippen molar-refractivity contribution in [2.75, 3.05) is 13.2 Å². The first-order valence-electron chi connectivity index (χ1n) is 11.0. The molecule has 34 heavy (non-hydrogen) atoms. The van der Waals surface area contributed by atoms with Crippen LogP contribution in [-0.4, -0.2) is 50.2 Å². The van der Waals surface area contributed by atoms with Crippen LogP contribution in [-0.2, 0) is 18.4 Å². The molecule has 0 spiro atoms. The standard InChI is InChI=1S/C24H25N7O3/c1-30-15-18(12-28-30)21-4-2-3-5-22(21)33-16-20-10-19(29-34-20)13-27-24(32)26-11-17-6-7-23-25-8-9-31(23)14-17/h2-9,12,14-15,20H,10-11,13,16H2,1H3,(H2,26,27,32). The van der Waals surface area contributed by atoms with E-state index in [0.717, 1.165) is 33.8 Å². The van der Waals surface area contributed by atoms with Gasteiger partial charge in [0, 0.05) is 55.9 Å². The number of amides is 2. The van der Waals surface area contributed by atoms with Crippen molar-refractivity contribution in [1.29, 1.82) is 0 Å². The van der Waals surface area contributed by atoms with Crippen molar-refractivity contribution in [2.24, 2.45) is 12.2 Å². The summed E-state index contributed by atoms with van der Waals surface area (Å²) >= 11 is 0. The van der Waals surface area contributed by atoms with Gasteiger partial charge in [-0.3, -0.25) is 4.68 Å². The number of urea groups is 1. The van der Waals surface area contributed by atoms with Crippen molar-refractivity contribution in [3.8, 4) is 16.9 Å². The molecule has 1 aliphatic heterocycles. The van der Waals surface area contributed by atoms with Crippen LogP contribution in [0.15, 0.2) is 72.5 Å². The average molecular weight is 460 g/mol. The van der Waals surface area contributed by atoms with Gasteiger partial charge in [0.2, 0.25) is 0 Å². The summed E-state index contributed by atoms with van der Waals surface area (Å²) in [7, 11) is 1.88. The first-order chi connectivity index (χ1) is 16.6. The molecule has 0 aliphatic carbocycles. The summed E-state index contributed by atoms with van der Waals surface area (Å²) in [5.41, 5.74) is 4.57. The number of carbonyl (C=O) groups is 1. The predicted octanol–water partition coefficient (Wildman–Crippen LogP) is 2.76. The molecule has 2 N–H and O–H groups in total. The number of rotatable bonds is 8. The van der Waals surface area contributed by atoms with E-state index in [2.05, 4.69) is 25.9 Å². The highest BCUT2D eigenvalue weighted by atomic mass is 16.7. The summed E-state index contributed by atoms with van der Waals surface area (Å²) in [5, 5.41) is 14.0. The lowest BCUT2D eigenvalue weighted by Crippen LogP contribution is -2.38. The molecule has 174 valence electrons. The average Bonchev–Trinajstić information content (AvgIpc) is 3.61. The molecule has 10 heteroatoms. The van der Waals surface area contributed by atoms with Gasteiger partial charge in [0.15, 0.2) is 6.10 Å². The summed E-state index contributed by atoms with van der Waals surface area (Å²) in [6.07, 6.45) is 9.69. The Bertz CT molecular complexity index is 1330. The molecular weight excluding hydrogens is 434 g/mol. The van der Waals surface area contributed by atoms with Gasteiger partial charge in [-0.05, 0) is 17.7 Å². The minimum absolute atomic E-state index is 0.205. The first kappa shape index (κ1) is 21.5. The third-order valence-corrected chi connectivity index (χ3v) is 5.48. The zero-order chi connectivity index (χ0) is 23.3. The van der Waals surface area contributed by atoms with Crippen LogP contribution >= 0.6 is 0 Å². The van der Waals surface area contributed by atoms with Crippen LogP contribution in [0.1, 0.15) is 12.0 Å². The Labute approximate surface area is 196 Å². The van der Waals surface area contributed by atoms with Gasteiger partial charge in [-0.25, -0.2) is 9.78 Å². The minimum atomic E-state index is -0.265. The van der Waals surface area contributed by atoms with Crippen molar-refractivity contribution in [1.82, 2.24) is 29.8 Å². The molecule has 2 amide bonds. The number of fused-ring (bicyclic) bond motifs is 1. The highest BCUT2D eigenvalue weighted by Crippen LogP contribution is 2.29. The molecule has 1 aliphatic rings. The van der Waals surface area contributed by atoms with Crippen LogP contribution in [0.2, 0.25) is 0 Å². The SMILES string of the molecule is Cn1cc(-c2ccccc2OCC2CC(CNC(=O)NCc3ccc4nccn4c3)=NO2)cn1. The first-order valence-corrected chi connectivity index (χ1v) is 11.0. The van der Waals surface area contributed by atoms with E-state index in [-0.39, 0.29) is 12.1 Å². The molecule has 0 fully saturated rings. The monoisotopic (exact) mass is 459 g/mol. The Morgan fingerprint density at radius 3 is 2.94 bits per heavy atom. The van der Waals surface area contributed by atoms with E-state index in [1.54, 1.807) is 10.9 Å². The number of imidazole rings is 1. The minimum Gasteiger partial charge on any atom is -0.489 e. The van der Waals surface area contributed by atoms with E-state index in [9.17, 15) is 4.79 Å². The van der Waals surface area contributed by atoms with Crippen LogP contribution in [0.25, 0.3) is 16.8 Å². The Balaban J connectivity index is 1.06. The number of nitrogens with zero attached hydrogens (tertiary/aromatic N) is 5. The molecule has 1 atom stereocenters. The zero-order valence-corrected chi connectivity index (χ0v) is 18.7. The van der Waals surface area contributed by atoms with Crippen molar-refractivity contribution < 1.29 is 14.4 Å². The van der Waals surface area contributed by atoms with Crippen LogP contribution in [0.4, 0.5) is 4.79 Å². The van der Waals surface area contributed by atoms with Gasteiger partial charge in [-0.15, -0.1) is 0 Å². The summed E-state index contributed by atoms with van der Waals surface area (Å²) < 4.78 is 9.70. The smallest absolute Gasteiger partial charge is 0.315 e. The maximum atomic E-state index is 12.2. The van der Waals surface area contributed by atoms with E-state index >= 15 is 0 Å². The van der Waals surface area contributed by atoms with Crippen molar-refractivity contribution >= 4 is 17.4 Å². The second kappa shape index (κ2) is 9.65. The maximum Gasteiger partial charge on any atom is 0.315 e. The maximum absolute atomic E-state index is 12.2. The fraction of sp³-hybridized carbons (Fsp3) is 0.250. The second-order valence-electron chi connectivity index (χ2n) is 8.07. The number of hydrogen-bond acceptors (Lipinski definition) is 6. The number of aromatic nitrogens is 4. The Morgan fingerprint density at radius 2 is 2.06 bits per heavy atom. The predicted molar refractivity (Wildman–Crippen MR) is 126 cm³/mol. The van der Waals surface area contributed by atoms with Crippen LogP contribution < -0.4 is 15.4 Å². The van der Waals surface area contributed by atoms with Gasteiger partial charge in [0.25, 0.3) is 0 Å². The molecule has 4 heterocycles. The van der Waals surface area contributed by atoms with Gasteiger partial charge >= 0.3 is 6.03 Å². The number of nitrogens with one attached hydrogen (secondary N) is 2. The number of carbonyl (C=O) groups excluding carboxylic acids is 1. The molecule has 10 nitrogen and oxygen atoms in total. The van der Waals surface area contributed by atoms with E-state index in [0.29, 0.717) is 26.1 Å². The van der Waals surface area contributed by atoms with Gasteiger partial charge in [0.05, 0.1) is 18.5 Å². The number of oxime groups is 1. The zero-order valence-electron chi connectivity index (χ0n) is 18.7. The summed E-state index contributed by atoms with van der Waals surface area (Å²) in [6.45, 7) is 1.08. The van der Waals surface area contributed by atoms with Crippen molar-refractivity contribution in [3.63, 3.8) is 0 Å². The van der Waals surface area contributed by atoms with Crippen LogP contribution in [0.3, 0.4) is 0 Å². The lowest BCUT2D eigenvalue weighted by atomic mass is 10.1. The molecule has 0 bridgehead atoms. The lowest BCUT2D eigenvalue weighted by Gasteiger charge is -2.13. The number of benzene rings is 1. The largest absolute Gasteiger partial charge is 0.489 e. The second-order valence-corrected chi connectivity index (χ2v) is 8.07. The number of hydrogen-bond donors (Lipinski definition) is 2. The number of pyridine rings is 1. The summed E-state index contributed by atoms with van der Waals surface area (Å²) in [4.78, 5) is 21.9. The molecule has 0 radical (unpaired) electrons. The van der Waals surface area contributed by atoms with E-state index in [1.807, 2.05) is 72.6 Å². The van der Waals surface area contributed by atoms with Crippen LogP contribution in [0, 0.1) is 0 Å². The van der Waals surface area contributed by atoms with Crippen molar-refractivity contribution in [2.45, 2.75) is 19.1 Å². The lowest BCUT2D eigenvalue weighted by molar-refractivity contribution is 0.0472. The summed E-state index contributed by atoms with van der Waals surface area (Å²) in [6, 6.07) is 11.4. The Kier molecular flexibility index (Phi) is 6.11. The van der Waals surface area contributed by atoms with Gasteiger partial charge in [0.1, 0.15) is 18.0 Å². The molecular formula is C24H25N7O3. The molecule has 3 aromatic heterocycles. The molecule has 1 aromatic carbocycles. The van der Waals surface area contributed by atoms with Crippen molar-refractivity contribution in [3.05, 3.63) is 72.9 Å². The molecule has 5 rings (SSSR count). The van der Waals surface area contributed by atoms with Gasteiger partial charge in [-0.1, -0.05) is 29.4 Å². The highest BCUT2D eigenvalue weighted by molar-refractivity contribution is 5.90. The quantitative estimate of drug-likeness (QED) is 0.421. The van der Waals surface area contributed by atoms with Gasteiger partial charge < -0.3 is 24.6 Å². The van der Waals surface area contributed by atoms with E-state index in [4.69, 9.17) is 9.57 Å². The van der Waals surface area contributed by atoms with Gasteiger partial charge in [-0.2, -0.15) is 5.10 Å². The van der Waals surface area contributed by atoms with E-state index < -0.39 is 0 Å². The van der Waals surface area contributed by atoms with Crippen LogP contribution in [0.5, 0.6) is 5.75 Å². The Hall–Kier alpha value is -4.34. The third-order valence-electron chi connectivity index (χ3n) is 5.48. The topological polar surface area (TPSA) is 107 Å². The molecule has 0 saturated heterocycles. The number of para-hydroxylation sites is 1.